The monoisotopic (exact) mass is 166 g/mol. The number of allylic oxidation sites excluding steroid dienone is 4. The Morgan fingerprint density at radius 2 is 1.42 bits per heavy atom. The first-order chi connectivity index (χ1) is 5.91. The molecule has 0 fully saturated rings. The van der Waals surface area contributed by atoms with Crippen molar-refractivity contribution in [2.75, 3.05) is 0 Å². The molecular formula is C12H22. The fraction of sp³-hybridized carbons (Fsp3) is 0.667. The van der Waals surface area contributed by atoms with Gasteiger partial charge < -0.3 is 0 Å². The molecule has 0 bridgehead atoms. The van der Waals surface area contributed by atoms with E-state index in [4.69, 9.17) is 0 Å². The summed E-state index contributed by atoms with van der Waals surface area (Å²) in [5, 5.41) is 0. The van der Waals surface area contributed by atoms with Crippen molar-refractivity contribution in [1.29, 1.82) is 0 Å². The first-order valence-electron chi connectivity index (χ1n) is 5.18. The number of unbranched alkanes of at least 4 members (excludes halogenated alkanes) is 4. The average Bonchev–Trinajstić information content (AvgIpc) is 2.10. The van der Waals surface area contributed by atoms with Crippen molar-refractivity contribution < 1.29 is 0 Å². The van der Waals surface area contributed by atoms with Gasteiger partial charge in [0.15, 0.2) is 0 Å². The minimum Gasteiger partial charge on any atom is -0.0917 e. The molecule has 70 valence electrons. The maximum atomic E-state index is 2.32. The molecule has 0 amide bonds. The lowest BCUT2D eigenvalue weighted by Crippen LogP contribution is -1.72. The Morgan fingerprint density at radius 3 is 2.00 bits per heavy atom. The zero-order valence-corrected chi connectivity index (χ0v) is 8.55. The van der Waals surface area contributed by atoms with E-state index in [9.17, 15) is 0 Å². The standard InChI is InChI=1S/C12H22/c1-3-5-7-9-11-12-10-8-6-4-2/h3,5,8,10H,4,6-7,9,11-12H2,1-2H3/b5-3+,10-8+. The van der Waals surface area contributed by atoms with Gasteiger partial charge in [-0.2, -0.15) is 0 Å². The molecule has 0 nitrogen and oxygen atoms in total. The molecule has 0 aliphatic rings. The summed E-state index contributed by atoms with van der Waals surface area (Å²) in [5.74, 6) is 0. The number of rotatable bonds is 7. The molecule has 0 aromatic carbocycles. The van der Waals surface area contributed by atoms with Gasteiger partial charge in [0.2, 0.25) is 0 Å². The van der Waals surface area contributed by atoms with Gasteiger partial charge in [0.05, 0.1) is 0 Å². The highest BCUT2D eigenvalue weighted by molar-refractivity contribution is 4.82. The van der Waals surface area contributed by atoms with E-state index in [0.717, 1.165) is 0 Å². The van der Waals surface area contributed by atoms with Crippen LogP contribution < -0.4 is 0 Å². The molecule has 0 atom stereocenters. The summed E-state index contributed by atoms with van der Waals surface area (Å²) >= 11 is 0. The van der Waals surface area contributed by atoms with Crippen LogP contribution >= 0.6 is 0 Å². The Labute approximate surface area is 77.4 Å². The van der Waals surface area contributed by atoms with E-state index in [0.29, 0.717) is 0 Å². The van der Waals surface area contributed by atoms with Crippen LogP contribution in [0.1, 0.15) is 52.4 Å². The Hall–Kier alpha value is -0.520. The molecule has 0 aromatic heterocycles. The van der Waals surface area contributed by atoms with Crippen molar-refractivity contribution in [3.63, 3.8) is 0 Å². The second-order valence-electron chi connectivity index (χ2n) is 3.11. The van der Waals surface area contributed by atoms with Crippen molar-refractivity contribution in [1.82, 2.24) is 0 Å². The van der Waals surface area contributed by atoms with Crippen LogP contribution in [-0.2, 0) is 0 Å². The normalized spacial score (nSPS) is 11.8. The summed E-state index contributed by atoms with van der Waals surface area (Å²) in [4.78, 5) is 0. The summed E-state index contributed by atoms with van der Waals surface area (Å²) in [6.45, 7) is 4.30. The summed E-state index contributed by atoms with van der Waals surface area (Å²) in [7, 11) is 0. The van der Waals surface area contributed by atoms with Gasteiger partial charge in [-0.15, -0.1) is 0 Å². The van der Waals surface area contributed by atoms with Crippen molar-refractivity contribution >= 4 is 0 Å². The molecule has 0 aromatic rings. The largest absolute Gasteiger partial charge is 0.0917 e. The molecule has 0 rings (SSSR count). The fourth-order valence-electron chi connectivity index (χ4n) is 1.09. The van der Waals surface area contributed by atoms with Gasteiger partial charge in [-0.25, -0.2) is 0 Å². The van der Waals surface area contributed by atoms with Crippen LogP contribution in [0.4, 0.5) is 0 Å². The van der Waals surface area contributed by atoms with Gasteiger partial charge in [-0.1, -0.05) is 37.6 Å². The summed E-state index contributed by atoms with van der Waals surface area (Å²) in [6, 6.07) is 0. The minimum atomic E-state index is 1.24. The number of hydrogen-bond donors (Lipinski definition) is 0. The molecule has 0 saturated carbocycles. The third-order valence-corrected chi connectivity index (χ3v) is 1.85. The van der Waals surface area contributed by atoms with E-state index in [1.165, 1.54) is 38.5 Å². The van der Waals surface area contributed by atoms with Crippen LogP contribution in [-0.4, -0.2) is 0 Å². The van der Waals surface area contributed by atoms with Crippen LogP contribution in [0.2, 0.25) is 0 Å². The minimum absolute atomic E-state index is 1.24. The Kier molecular flexibility index (Phi) is 10.0. The number of hydrogen-bond acceptors (Lipinski definition) is 0. The highest BCUT2D eigenvalue weighted by Gasteiger charge is 1.82. The van der Waals surface area contributed by atoms with E-state index in [1.807, 2.05) is 0 Å². The Bertz CT molecular complexity index is 120. The molecule has 0 aliphatic carbocycles. The lowest BCUT2D eigenvalue weighted by molar-refractivity contribution is 0.759. The van der Waals surface area contributed by atoms with E-state index >= 15 is 0 Å². The maximum absolute atomic E-state index is 2.32. The maximum Gasteiger partial charge on any atom is -0.0351 e. The molecule has 0 unspecified atom stereocenters. The van der Waals surface area contributed by atoms with Gasteiger partial charge in [-0.05, 0) is 39.0 Å². The lowest BCUT2D eigenvalue weighted by Gasteiger charge is -1.92. The van der Waals surface area contributed by atoms with Crippen LogP contribution in [0.25, 0.3) is 0 Å². The Morgan fingerprint density at radius 1 is 0.833 bits per heavy atom. The molecule has 0 saturated heterocycles. The van der Waals surface area contributed by atoms with Gasteiger partial charge >= 0.3 is 0 Å². The first-order valence-corrected chi connectivity index (χ1v) is 5.18. The van der Waals surface area contributed by atoms with Gasteiger partial charge in [-0.3, -0.25) is 0 Å². The predicted molar refractivity (Wildman–Crippen MR) is 57.3 cm³/mol. The van der Waals surface area contributed by atoms with Crippen LogP contribution in [0.3, 0.4) is 0 Å². The molecule has 12 heavy (non-hydrogen) atoms. The highest BCUT2D eigenvalue weighted by Crippen LogP contribution is 2.02. The van der Waals surface area contributed by atoms with Crippen molar-refractivity contribution in [2.24, 2.45) is 0 Å². The molecule has 0 heterocycles. The SMILES string of the molecule is C/C=C/CCCC/C=C/CCC. The van der Waals surface area contributed by atoms with E-state index in [1.54, 1.807) is 0 Å². The Balaban J connectivity index is 2.99. The quantitative estimate of drug-likeness (QED) is 0.386. The van der Waals surface area contributed by atoms with Crippen molar-refractivity contribution in [3.05, 3.63) is 24.3 Å². The predicted octanol–water partition coefficient (Wildman–Crippen LogP) is 4.48. The smallest absolute Gasteiger partial charge is 0.0351 e. The summed E-state index contributed by atoms with van der Waals surface area (Å²) < 4.78 is 0. The molecular weight excluding hydrogens is 144 g/mol. The first kappa shape index (κ1) is 11.5. The van der Waals surface area contributed by atoms with Crippen LogP contribution in [0.5, 0.6) is 0 Å². The summed E-state index contributed by atoms with van der Waals surface area (Å²) in [6.07, 6.45) is 16.7. The third-order valence-electron chi connectivity index (χ3n) is 1.85. The average molecular weight is 166 g/mol. The van der Waals surface area contributed by atoms with Crippen LogP contribution in [0, 0.1) is 0 Å². The molecule has 0 spiro atoms. The van der Waals surface area contributed by atoms with E-state index in [2.05, 4.69) is 38.2 Å². The van der Waals surface area contributed by atoms with Crippen molar-refractivity contribution in [3.8, 4) is 0 Å². The van der Waals surface area contributed by atoms with E-state index < -0.39 is 0 Å². The molecule has 0 radical (unpaired) electrons. The van der Waals surface area contributed by atoms with Crippen molar-refractivity contribution in [2.45, 2.75) is 52.4 Å². The molecule has 0 aliphatic heterocycles. The van der Waals surface area contributed by atoms with E-state index in [-0.39, 0.29) is 0 Å². The summed E-state index contributed by atoms with van der Waals surface area (Å²) in [5.41, 5.74) is 0. The highest BCUT2D eigenvalue weighted by atomic mass is 13.9. The second kappa shape index (κ2) is 10.5. The molecule has 0 heteroatoms. The van der Waals surface area contributed by atoms with Gasteiger partial charge in [0.25, 0.3) is 0 Å². The lowest BCUT2D eigenvalue weighted by atomic mass is 10.1. The zero-order chi connectivity index (χ0) is 9.07. The van der Waals surface area contributed by atoms with Crippen LogP contribution in [0.15, 0.2) is 24.3 Å². The fourth-order valence-corrected chi connectivity index (χ4v) is 1.09. The molecule has 0 N–H and O–H groups in total. The topological polar surface area (TPSA) is 0 Å². The third kappa shape index (κ3) is 9.48. The van der Waals surface area contributed by atoms with Gasteiger partial charge in [0, 0.05) is 0 Å². The van der Waals surface area contributed by atoms with Gasteiger partial charge in [0.1, 0.15) is 0 Å². The zero-order valence-electron chi connectivity index (χ0n) is 8.55. The second-order valence-corrected chi connectivity index (χ2v) is 3.11.